The van der Waals surface area contributed by atoms with Crippen molar-refractivity contribution >= 4 is 18.2 Å². The minimum absolute atomic E-state index is 0.127. The molecule has 3 unspecified atom stereocenters. The highest BCUT2D eigenvalue weighted by Gasteiger charge is 2.33. The van der Waals surface area contributed by atoms with E-state index in [4.69, 9.17) is 14.7 Å². The molecular formula is C15H17N3O3. The number of carbonyl (C=O) groups is 1. The van der Waals surface area contributed by atoms with Crippen molar-refractivity contribution in [2.24, 2.45) is 21.8 Å². The van der Waals surface area contributed by atoms with Gasteiger partial charge in [-0.1, -0.05) is 18.2 Å². The maximum absolute atomic E-state index is 12.0. The molecule has 0 N–H and O–H groups in total. The van der Waals surface area contributed by atoms with Crippen molar-refractivity contribution < 1.29 is 14.3 Å². The second kappa shape index (κ2) is 6.84. The Labute approximate surface area is 123 Å². The first-order chi connectivity index (χ1) is 10.2. The Bertz CT molecular complexity index is 569. The fourth-order valence-electron chi connectivity index (χ4n) is 2.23. The lowest BCUT2D eigenvalue weighted by Crippen LogP contribution is -2.35. The molecule has 21 heavy (non-hydrogen) atoms. The Hall–Kier alpha value is -2.42. The molecule has 110 valence electrons. The van der Waals surface area contributed by atoms with Crippen molar-refractivity contribution in [3.05, 3.63) is 23.8 Å². The SMILES string of the molecule is CCOC(=O)C1C=NC(OC)=NC1C1=CCC(C#N)C=C1. The molecule has 0 fully saturated rings. The fraction of sp³-hybridized carbons (Fsp3) is 0.467. The first-order valence-electron chi connectivity index (χ1n) is 6.80. The summed E-state index contributed by atoms with van der Waals surface area (Å²) in [6, 6.07) is 2.00. The minimum atomic E-state index is -0.571. The van der Waals surface area contributed by atoms with Crippen LogP contribution in [0.4, 0.5) is 0 Å². The number of rotatable bonds is 3. The van der Waals surface area contributed by atoms with Crippen molar-refractivity contribution in [3.63, 3.8) is 0 Å². The van der Waals surface area contributed by atoms with E-state index >= 15 is 0 Å². The summed E-state index contributed by atoms with van der Waals surface area (Å²) in [4.78, 5) is 20.4. The lowest BCUT2D eigenvalue weighted by molar-refractivity contribution is -0.145. The molecule has 1 aliphatic carbocycles. The largest absolute Gasteiger partial charge is 0.467 e. The van der Waals surface area contributed by atoms with E-state index in [1.165, 1.54) is 13.3 Å². The van der Waals surface area contributed by atoms with Gasteiger partial charge in [-0.25, -0.2) is 9.98 Å². The molecular weight excluding hydrogens is 270 g/mol. The van der Waals surface area contributed by atoms with Crippen molar-refractivity contribution in [1.82, 2.24) is 0 Å². The summed E-state index contributed by atoms with van der Waals surface area (Å²) in [6.45, 7) is 2.07. The van der Waals surface area contributed by atoms with Gasteiger partial charge in [0.05, 0.1) is 31.7 Å². The molecule has 6 heteroatoms. The first-order valence-corrected chi connectivity index (χ1v) is 6.80. The number of hydrogen-bond acceptors (Lipinski definition) is 6. The highest BCUT2D eigenvalue weighted by molar-refractivity contribution is 5.98. The number of esters is 1. The number of nitrogens with zero attached hydrogens (tertiary/aromatic N) is 3. The average Bonchev–Trinajstić information content (AvgIpc) is 2.54. The van der Waals surface area contributed by atoms with E-state index < -0.39 is 12.0 Å². The van der Waals surface area contributed by atoms with Gasteiger partial charge in [0, 0.05) is 6.21 Å². The summed E-state index contributed by atoms with van der Waals surface area (Å²) in [5.74, 6) is -1.06. The second-order valence-corrected chi connectivity index (χ2v) is 4.65. The zero-order chi connectivity index (χ0) is 15.2. The van der Waals surface area contributed by atoms with E-state index in [0.29, 0.717) is 13.0 Å². The van der Waals surface area contributed by atoms with Crippen LogP contribution in [-0.2, 0) is 14.3 Å². The Kier molecular flexibility index (Phi) is 4.88. The maximum atomic E-state index is 12.0. The van der Waals surface area contributed by atoms with Gasteiger partial charge in [-0.05, 0) is 18.9 Å². The summed E-state index contributed by atoms with van der Waals surface area (Å²) in [6.07, 6.45) is 7.72. The van der Waals surface area contributed by atoms with Gasteiger partial charge in [-0.2, -0.15) is 5.26 Å². The van der Waals surface area contributed by atoms with Gasteiger partial charge < -0.3 is 9.47 Å². The molecule has 1 aliphatic heterocycles. The molecule has 0 aromatic rings. The number of hydrogen-bond donors (Lipinski definition) is 0. The van der Waals surface area contributed by atoms with Crippen LogP contribution in [0.2, 0.25) is 0 Å². The predicted molar refractivity (Wildman–Crippen MR) is 77.8 cm³/mol. The molecule has 6 nitrogen and oxygen atoms in total. The van der Waals surface area contributed by atoms with Crippen molar-refractivity contribution in [1.29, 1.82) is 5.26 Å². The summed E-state index contributed by atoms with van der Waals surface area (Å²) in [7, 11) is 1.48. The molecule has 3 atom stereocenters. The van der Waals surface area contributed by atoms with Crippen LogP contribution in [0.1, 0.15) is 13.3 Å². The van der Waals surface area contributed by atoms with Gasteiger partial charge in [0.25, 0.3) is 0 Å². The van der Waals surface area contributed by atoms with E-state index in [1.54, 1.807) is 6.92 Å². The molecule has 1 heterocycles. The normalized spacial score (nSPS) is 27.4. The predicted octanol–water partition coefficient (Wildman–Crippen LogP) is 1.65. The Morgan fingerprint density at radius 3 is 2.95 bits per heavy atom. The first kappa shape index (κ1) is 15.0. The number of amidine groups is 1. The Morgan fingerprint density at radius 1 is 1.57 bits per heavy atom. The molecule has 0 amide bonds. The zero-order valence-corrected chi connectivity index (χ0v) is 12.0. The van der Waals surface area contributed by atoms with Crippen molar-refractivity contribution in [3.8, 4) is 6.07 Å². The van der Waals surface area contributed by atoms with E-state index in [0.717, 1.165) is 5.57 Å². The lowest BCUT2D eigenvalue weighted by Gasteiger charge is -2.25. The molecule has 0 bridgehead atoms. The molecule has 2 aliphatic rings. The third-order valence-electron chi connectivity index (χ3n) is 3.31. The standard InChI is InChI=1S/C15H17N3O3/c1-3-21-14(19)12-9-17-15(20-2)18-13(12)11-6-4-10(8-16)5-7-11/h4,6-7,9-10,12-13H,3,5H2,1-2H3. The van der Waals surface area contributed by atoms with E-state index in [1.807, 2.05) is 18.2 Å². The minimum Gasteiger partial charge on any atom is -0.467 e. The number of ether oxygens (including phenoxy) is 2. The van der Waals surface area contributed by atoms with Gasteiger partial charge in [-0.15, -0.1) is 0 Å². The molecule has 0 aromatic carbocycles. The van der Waals surface area contributed by atoms with Crippen LogP contribution in [0, 0.1) is 23.2 Å². The van der Waals surface area contributed by atoms with E-state index in [2.05, 4.69) is 16.1 Å². The molecule has 0 saturated heterocycles. The van der Waals surface area contributed by atoms with Gasteiger partial charge >= 0.3 is 12.0 Å². The van der Waals surface area contributed by atoms with Crippen LogP contribution in [0.25, 0.3) is 0 Å². The highest BCUT2D eigenvalue weighted by atomic mass is 16.5. The second-order valence-electron chi connectivity index (χ2n) is 4.65. The third-order valence-corrected chi connectivity index (χ3v) is 3.31. The van der Waals surface area contributed by atoms with Crippen molar-refractivity contribution in [2.75, 3.05) is 13.7 Å². The Morgan fingerprint density at radius 2 is 2.38 bits per heavy atom. The van der Waals surface area contributed by atoms with E-state index in [-0.39, 0.29) is 17.9 Å². The van der Waals surface area contributed by atoms with Crippen LogP contribution >= 0.6 is 0 Å². The van der Waals surface area contributed by atoms with E-state index in [9.17, 15) is 4.79 Å². The smallest absolute Gasteiger partial charge is 0.316 e. The molecule has 2 rings (SSSR count). The number of nitriles is 1. The van der Waals surface area contributed by atoms with Crippen LogP contribution < -0.4 is 0 Å². The molecule has 0 radical (unpaired) electrons. The van der Waals surface area contributed by atoms with Crippen LogP contribution in [0.15, 0.2) is 33.8 Å². The highest BCUT2D eigenvalue weighted by Crippen LogP contribution is 2.26. The summed E-state index contributed by atoms with van der Waals surface area (Å²) < 4.78 is 10.1. The fourth-order valence-corrected chi connectivity index (χ4v) is 2.23. The van der Waals surface area contributed by atoms with Crippen LogP contribution in [0.5, 0.6) is 0 Å². The zero-order valence-electron chi connectivity index (χ0n) is 12.0. The van der Waals surface area contributed by atoms with Gasteiger partial charge in [-0.3, -0.25) is 4.79 Å². The topological polar surface area (TPSA) is 84.0 Å². The molecule has 0 spiro atoms. The maximum Gasteiger partial charge on any atom is 0.316 e. The number of allylic oxidation sites excluding steroid dienone is 2. The van der Waals surface area contributed by atoms with Crippen LogP contribution in [0.3, 0.4) is 0 Å². The summed E-state index contributed by atoms with van der Waals surface area (Å²) in [5.41, 5.74) is 0.875. The summed E-state index contributed by atoms with van der Waals surface area (Å²) in [5, 5.41) is 8.90. The number of aliphatic imine (C=N–C) groups is 2. The van der Waals surface area contributed by atoms with Crippen molar-refractivity contribution in [2.45, 2.75) is 19.4 Å². The number of carbonyl (C=O) groups excluding carboxylic acids is 1. The molecule has 0 saturated carbocycles. The number of methoxy groups -OCH3 is 1. The van der Waals surface area contributed by atoms with Crippen LogP contribution in [-0.4, -0.2) is 38.0 Å². The lowest BCUT2D eigenvalue weighted by atomic mass is 9.88. The molecule has 0 aromatic heterocycles. The third kappa shape index (κ3) is 3.37. The summed E-state index contributed by atoms with van der Waals surface area (Å²) >= 11 is 0. The van der Waals surface area contributed by atoms with Gasteiger partial charge in [0.2, 0.25) is 0 Å². The monoisotopic (exact) mass is 287 g/mol. The van der Waals surface area contributed by atoms with Gasteiger partial charge in [0.15, 0.2) is 0 Å². The average molecular weight is 287 g/mol. The Balaban J connectivity index is 2.24. The quantitative estimate of drug-likeness (QED) is 0.739. The van der Waals surface area contributed by atoms with Gasteiger partial charge in [0.1, 0.15) is 5.92 Å².